The molecule has 0 rings (SSSR count). The Hall–Kier alpha value is -1.14. The predicted molar refractivity (Wildman–Crippen MR) is 44.9 cm³/mol. The van der Waals surface area contributed by atoms with Crippen LogP contribution >= 0.6 is 0 Å². The predicted octanol–water partition coefficient (Wildman–Crippen LogP) is -1.71. The second kappa shape index (κ2) is 5.50. The summed E-state index contributed by atoms with van der Waals surface area (Å²) < 4.78 is 0. The average Bonchev–Trinajstić information content (AvgIpc) is 1.99. The summed E-state index contributed by atoms with van der Waals surface area (Å²) in [6.45, 7) is 1.44. The molecule has 1 amide bonds. The molecular weight excluding hydrogens is 176 g/mol. The Morgan fingerprint density at radius 1 is 1.54 bits per heavy atom. The summed E-state index contributed by atoms with van der Waals surface area (Å²) >= 11 is 0. The number of rotatable bonds is 5. The lowest BCUT2D eigenvalue weighted by Crippen LogP contribution is -2.47. The maximum absolute atomic E-state index is 10.9. The molecular formula is C7H14N2O4. The normalized spacial score (nSPS) is 14.7. The lowest BCUT2D eigenvalue weighted by atomic mass is 10.2. The third kappa shape index (κ3) is 4.44. The van der Waals surface area contributed by atoms with E-state index in [4.69, 9.17) is 15.9 Å². The highest BCUT2D eigenvalue weighted by Gasteiger charge is 2.24. The van der Waals surface area contributed by atoms with E-state index in [9.17, 15) is 9.59 Å². The molecule has 0 saturated heterocycles. The Bertz CT molecular complexity index is 193. The molecule has 2 unspecified atom stereocenters. The number of hydrogen-bond donors (Lipinski definition) is 4. The molecule has 0 saturated carbocycles. The van der Waals surface area contributed by atoms with Crippen LogP contribution in [0.2, 0.25) is 0 Å². The monoisotopic (exact) mass is 190 g/mol. The molecule has 0 spiro atoms. The minimum Gasteiger partial charge on any atom is -0.480 e. The first kappa shape index (κ1) is 11.9. The van der Waals surface area contributed by atoms with Gasteiger partial charge in [-0.05, 0) is 6.92 Å². The average molecular weight is 190 g/mol. The van der Waals surface area contributed by atoms with Crippen molar-refractivity contribution >= 4 is 11.9 Å². The molecule has 0 aliphatic rings. The van der Waals surface area contributed by atoms with Crippen LogP contribution < -0.4 is 11.1 Å². The van der Waals surface area contributed by atoms with Crippen LogP contribution in [0.5, 0.6) is 0 Å². The first-order valence-electron chi connectivity index (χ1n) is 3.89. The van der Waals surface area contributed by atoms with Gasteiger partial charge in [0.1, 0.15) is 0 Å². The molecule has 0 fully saturated rings. The van der Waals surface area contributed by atoms with Crippen molar-refractivity contribution in [2.75, 3.05) is 6.54 Å². The standard InChI is InChI=1S/C7H14N2O4/c1-4(10)6(7(12)13)9-5(11)2-3-8/h4,6,10H,2-3,8H2,1H3,(H,9,11)(H,12,13). The number of nitrogens with two attached hydrogens (primary N) is 1. The van der Waals surface area contributed by atoms with Gasteiger partial charge in [0.25, 0.3) is 0 Å². The number of aliphatic hydroxyl groups is 1. The van der Waals surface area contributed by atoms with Gasteiger partial charge in [-0.1, -0.05) is 0 Å². The summed E-state index contributed by atoms with van der Waals surface area (Å²) in [4.78, 5) is 21.4. The van der Waals surface area contributed by atoms with Crippen molar-refractivity contribution < 1.29 is 19.8 Å². The van der Waals surface area contributed by atoms with E-state index in [0.29, 0.717) is 0 Å². The van der Waals surface area contributed by atoms with Gasteiger partial charge in [0.2, 0.25) is 5.91 Å². The number of aliphatic carboxylic acids is 1. The van der Waals surface area contributed by atoms with E-state index in [1.54, 1.807) is 0 Å². The molecule has 6 heteroatoms. The number of nitrogens with one attached hydrogen (secondary N) is 1. The molecule has 76 valence electrons. The van der Waals surface area contributed by atoms with Gasteiger partial charge in [0.15, 0.2) is 6.04 Å². The van der Waals surface area contributed by atoms with Crippen molar-refractivity contribution in [1.29, 1.82) is 0 Å². The van der Waals surface area contributed by atoms with Gasteiger partial charge >= 0.3 is 5.97 Å². The van der Waals surface area contributed by atoms with Crippen molar-refractivity contribution in [3.8, 4) is 0 Å². The Labute approximate surface area is 75.7 Å². The van der Waals surface area contributed by atoms with Gasteiger partial charge in [-0.25, -0.2) is 4.79 Å². The molecule has 0 aromatic carbocycles. The van der Waals surface area contributed by atoms with Crippen LogP contribution in [0, 0.1) is 0 Å². The number of aliphatic hydroxyl groups excluding tert-OH is 1. The number of carboxylic acids is 1. The fourth-order valence-electron chi connectivity index (χ4n) is 0.765. The maximum Gasteiger partial charge on any atom is 0.328 e. The van der Waals surface area contributed by atoms with E-state index in [2.05, 4.69) is 5.32 Å². The zero-order chi connectivity index (χ0) is 10.4. The highest BCUT2D eigenvalue weighted by Crippen LogP contribution is 1.93. The fraction of sp³-hybridized carbons (Fsp3) is 0.714. The molecule has 0 aliphatic carbocycles. The van der Waals surface area contributed by atoms with Crippen molar-refractivity contribution in [1.82, 2.24) is 5.32 Å². The minimum atomic E-state index is -1.26. The molecule has 0 heterocycles. The molecule has 0 aromatic rings. The molecule has 0 bridgehead atoms. The zero-order valence-electron chi connectivity index (χ0n) is 7.36. The Kier molecular flexibility index (Phi) is 5.01. The first-order chi connectivity index (χ1) is 5.99. The summed E-state index contributed by atoms with van der Waals surface area (Å²) in [7, 11) is 0. The second-order valence-corrected chi connectivity index (χ2v) is 2.66. The van der Waals surface area contributed by atoms with Gasteiger partial charge in [-0.2, -0.15) is 0 Å². The van der Waals surface area contributed by atoms with Crippen molar-refractivity contribution in [3.63, 3.8) is 0 Å². The third-order valence-electron chi connectivity index (χ3n) is 1.44. The quantitative estimate of drug-likeness (QED) is 0.412. The van der Waals surface area contributed by atoms with Gasteiger partial charge < -0.3 is 21.3 Å². The van der Waals surface area contributed by atoms with Crippen LogP contribution in [-0.4, -0.2) is 40.8 Å². The highest BCUT2D eigenvalue weighted by molar-refractivity contribution is 5.83. The van der Waals surface area contributed by atoms with Crippen LogP contribution in [0.15, 0.2) is 0 Å². The van der Waals surface area contributed by atoms with Gasteiger partial charge in [-0.3, -0.25) is 4.79 Å². The van der Waals surface area contributed by atoms with Crippen LogP contribution in [0.25, 0.3) is 0 Å². The van der Waals surface area contributed by atoms with E-state index < -0.39 is 24.0 Å². The van der Waals surface area contributed by atoms with Crippen LogP contribution in [-0.2, 0) is 9.59 Å². The zero-order valence-corrected chi connectivity index (χ0v) is 7.36. The largest absolute Gasteiger partial charge is 0.480 e. The number of amides is 1. The topological polar surface area (TPSA) is 113 Å². The number of carbonyl (C=O) groups excluding carboxylic acids is 1. The smallest absolute Gasteiger partial charge is 0.328 e. The Morgan fingerprint density at radius 3 is 2.38 bits per heavy atom. The van der Waals surface area contributed by atoms with Crippen LogP contribution in [0.1, 0.15) is 13.3 Å². The fourth-order valence-corrected chi connectivity index (χ4v) is 0.765. The summed E-state index contributed by atoms with van der Waals surface area (Å²) in [5.41, 5.74) is 5.09. The van der Waals surface area contributed by atoms with Crippen molar-refractivity contribution in [3.05, 3.63) is 0 Å². The summed E-state index contributed by atoms with van der Waals surface area (Å²) in [5.74, 6) is -1.74. The van der Waals surface area contributed by atoms with E-state index in [1.165, 1.54) is 6.92 Å². The molecule has 2 atom stereocenters. The van der Waals surface area contributed by atoms with E-state index in [-0.39, 0.29) is 13.0 Å². The summed E-state index contributed by atoms with van der Waals surface area (Å²) in [6.07, 6.45) is -1.07. The molecule has 5 N–H and O–H groups in total. The van der Waals surface area contributed by atoms with Crippen LogP contribution in [0.4, 0.5) is 0 Å². The minimum absolute atomic E-state index is 0.0521. The number of carbonyl (C=O) groups is 2. The van der Waals surface area contributed by atoms with Gasteiger partial charge in [0.05, 0.1) is 6.10 Å². The summed E-state index contributed by atoms with van der Waals surface area (Å²) in [5, 5.41) is 19.7. The second-order valence-electron chi connectivity index (χ2n) is 2.66. The first-order valence-corrected chi connectivity index (χ1v) is 3.89. The Morgan fingerprint density at radius 2 is 2.08 bits per heavy atom. The maximum atomic E-state index is 10.9. The van der Waals surface area contributed by atoms with E-state index >= 15 is 0 Å². The lowest BCUT2D eigenvalue weighted by molar-refractivity contribution is -0.144. The lowest BCUT2D eigenvalue weighted by Gasteiger charge is -2.16. The Balaban J connectivity index is 4.10. The number of hydrogen-bond acceptors (Lipinski definition) is 4. The molecule has 0 radical (unpaired) electrons. The number of carboxylic acid groups (broad SMARTS) is 1. The van der Waals surface area contributed by atoms with Crippen LogP contribution in [0.3, 0.4) is 0 Å². The highest BCUT2D eigenvalue weighted by atomic mass is 16.4. The van der Waals surface area contributed by atoms with E-state index in [0.717, 1.165) is 0 Å². The SMILES string of the molecule is CC(O)C(NC(=O)CCN)C(=O)O. The molecule has 0 aromatic heterocycles. The third-order valence-corrected chi connectivity index (χ3v) is 1.44. The summed E-state index contributed by atoms with van der Waals surface area (Å²) in [6, 6.07) is -1.26. The van der Waals surface area contributed by atoms with Crippen molar-refractivity contribution in [2.24, 2.45) is 5.73 Å². The molecule has 6 nitrogen and oxygen atoms in total. The molecule has 13 heavy (non-hydrogen) atoms. The molecule has 0 aliphatic heterocycles. The van der Waals surface area contributed by atoms with E-state index in [1.807, 2.05) is 0 Å². The van der Waals surface area contributed by atoms with Gasteiger partial charge in [-0.15, -0.1) is 0 Å². The van der Waals surface area contributed by atoms with Crippen molar-refractivity contribution in [2.45, 2.75) is 25.5 Å². The van der Waals surface area contributed by atoms with Gasteiger partial charge in [0, 0.05) is 13.0 Å².